The highest BCUT2D eigenvalue weighted by atomic mass is 16.5. The molecule has 1 aromatic heterocycles. The zero-order valence-electron chi connectivity index (χ0n) is 10.9. The number of hydrogen-bond acceptors (Lipinski definition) is 5. The molecule has 2 aromatic rings. The average molecular weight is 259 g/mol. The highest BCUT2D eigenvalue weighted by Gasteiger charge is 2.23. The summed E-state index contributed by atoms with van der Waals surface area (Å²) in [4.78, 5) is 4.39. The molecule has 0 spiro atoms. The third kappa shape index (κ3) is 3.00. The van der Waals surface area contributed by atoms with Crippen LogP contribution in [-0.2, 0) is 11.3 Å². The lowest BCUT2D eigenvalue weighted by Gasteiger charge is -2.10. The lowest BCUT2D eigenvalue weighted by Crippen LogP contribution is -2.16. The monoisotopic (exact) mass is 259 g/mol. The Labute approximate surface area is 112 Å². The van der Waals surface area contributed by atoms with E-state index in [1.807, 2.05) is 30.3 Å². The van der Waals surface area contributed by atoms with E-state index in [2.05, 4.69) is 15.5 Å². The minimum Gasteiger partial charge on any atom is -0.367 e. The fourth-order valence-corrected chi connectivity index (χ4v) is 1.98. The Morgan fingerprint density at radius 3 is 2.84 bits per heavy atom. The number of aromatic nitrogens is 2. The molecule has 0 amide bonds. The second-order valence-electron chi connectivity index (χ2n) is 4.73. The fraction of sp³-hybridized carbons (Fsp3) is 0.429. The van der Waals surface area contributed by atoms with Gasteiger partial charge in [-0.3, -0.25) is 0 Å². The number of rotatable bonds is 6. The first-order chi connectivity index (χ1) is 9.36. The van der Waals surface area contributed by atoms with Gasteiger partial charge in [0, 0.05) is 13.2 Å². The van der Waals surface area contributed by atoms with Gasteiger partial charge in [-0.1, -0.05) is 35.5 Å². The molecule has 100 valence electrons. The van der Waals surface area contributed by atoms with Crippen LogP contribution in [0.15, 0.2) is 34.9 Å². The van der Waals surface area contributed by atoms with Gasteiger partial charge in [0.1, 0.15) is 0 Å². The van der Waals surface area contributed by atoms with Crippen molar-refractivity contribution in [3.8, 4) is 0 Å². The standard InChI is InChI=1S/C14H17N3O2/c1-18-13(10-5-3-2-4-6-10)14-16-12(17-19-14)9-15-11-7-8-11/h2-6,11,13,15H,7-9H2,1H3. The van der Waals surface area contributed by atoms with Gasteiger partial charge in [0.15, 0.2) is 11.9 Å². The Kier molecular flexibility index (Phi) is 3.57. The topological polar surface area (TPSA) is 60.2 Å². The lowest BCUT2D eigenvalue weighted by molar-refractivity contribution is 0.105. The molecule has 0 aliphatic heterocycles. The van der Waals surface area contributed by atoms with Crippen molar-refractivity contribution in [1.82, 2.24) is 15.5 Å². The molecule has 19 heavy (non-hydrogen) atoms. The van der Waals surface area contributed by atoms with Gasteiger partial charge in [0.2, 0.25) is 0 Å². The van der Waals surface area contributed by atoms with Crippen molar-refractivity contribution in [3.05, 3.63) is 47.6 Å². The maximum absolute atomic E-state index is 5.46. The highest BCUT2D eigenvalue weighted by molar-refractivity contribution is 5.22. The van der Waals surface area contributed by atoms with Crippen molar-refractivity contribution in [1.29, 1.82) is 0 Å². The molecule has 1 saturated carbocycles. The predicted molar refractivity (Wildman–Crippen MR) is 69.5 cm³/mol. The minimum atomic E-state index is -0.302. The molecule has 1 aliphatic rings. The van der Waals surface area contributed by atoms with Gasteiger partial charge in [0.05, 0.1) is 6.54 Å². The van der Waals surface area contributed by atoms with E-state index in [0.717, 1.165) is 5.56 Å². The lowest BCUT2D eigenvalue weighted by atomic mass is 10.1. The Balaban J connectivity index is 1.72. The molecule has 1 atom stereocenters. The maximum atomic E-state index is 5.46. The number of methoxy groups -OCH3 is 1. The summed E-state index contributed by atoms with van der Waals surface area (Å²) in [5.41, 5.74) is 1.01. The summed E-state index contributed by atoms with van der Waals surface area (Å²) >= 11 is 0. The van der Waals surface area contributed by atoms with Gasteiger partial charge >= 0.3 is 0 Å². The third-order valence-corrected chi connectivity index (χ3v) is 3.17. The molecule has 0 bridgehead atoms. The molecule has 5 nitrogen and oxygen atoms in total. The zero-order valence-corrected chi connectivity index (χ0v) is 10.9. The number of nitrogens with one attached hydrogen (secondary N) is 1. The largest absolute Gasteiger partial charge is 0.367 e. The normalized spacial score (nSPS) is 16.5. The van der Waals surface area contributed by atoms with E-state index in [1.165, 1.54) is 12.8 Å². The van der Waals surface area contributed by atoms with Gasteiger partial charge in [-0.05, 0) is 18.4 Å². The van der Waals surface area contributed by atoms with Gasteiger partial charge < -0.3 is 14.6 Å². The first-order valence-corrected chi connectivity index (χ1v) is 6.50. The molecule has 0 saturated heterocycles. The van der Waals surface area contributed by atoms with Crippen molar-refractivity contribution in [2.45, 2.75) is 31.5 Å². The van der Waals surface area contributed by atoms with Crippen LogP contribution in [0.25, 0.3) is 0 Å². The molecule has 1 aromatic carbocycles. The van der Waals surface area contributed by atoms with Crippen LogP contribution in [0.3, 0.4) is 0 Å². The predicted octanol–water partition coefficient (Wildman–Crippen LogP) is 2.06. The van der Waals surface area contributed by atoms with E-state index < -0.39 is 0 Å². The van der Waals surface area contributed by atoms with Crippen LogP contribution < -0.4 is 5.32 Å². The first-order valence-electron chi connectivity index (χ1n) is 6.50. The quantitative estimate of drug-likeness (QED) is 0.860. The van der Waals surface area contributed by atoms with Crippen LogP contribution in [0.2, 0.25) is 0 Å². The van der Waals surface area contributed by atoms with E-state index in [9.17, 15) is 0 Å². The van der Waals surface area contributed by atoms with Crippen molar-refractivity contribution >= 4 is 0 Å². The van der Waals surface area contributed by atoms with Crippen LogP contribution in [0.1, 0.15) is 36.2 Å². The number of nitrogens with zero attached hydrogens (tertiary/aromatic N) is 2. The zero-order chi connectivity index (χ0) is 13.1. The van der Waals surface area contributed by atoms with Crippen molar-refractivity contribution in [2.24, 2.45) is 0 Å². The van der Waals surface area contributed by atoms with E-state index in [4.69, 9.17) is 9.26 Å². The summed E-state index contributed by atoms with van der Waals surface area (Å²) in [7, 11) is 1.64. The molecular formula is C14H17N3O2. The molecular weight excluding hydrogens is 242 g/mol. The molecule has 5 heteroatoms. The van der Waals surface area contributed by atoms with Crippen LogP contribution in [0.5, 0.6) is 0 Å². The van der Waals surface area contributed by atoms with Crippen molar-refractivity contribution in [3.63, 3.8) is 0 Å². The number of benzene rings is 1. The Morgan fingerprint density at radius 2 is 2.16 bits per heavy atom. The van der Waals surface area contributed by atoms with E-state index in [1.54, 1.807) is 7.11 Å². The number of ether oxygens (including phenoxy) is 1. The Morgan fingerprint density at radius 1 is 1.37 bits per heavy atom. The summed E-state index contributed by atoms with van der Waals surface area (Å²) in [6, 6.07) is 10.5. The second kappa shape index (κ2) is 5.50. The molecule has 1 N–H and O–H groups in total. The SMILES string of the molecule is COC(c1ccccc1)c1nc(CNC2CC2)no1. The average Bonchev–Trinajstić information content (AvgIpc) is 3.17. The van der Waals surface area contributed by atoms with Crippen LogP contribution in [0, 0.1) is 0 Å². The van der Waals surface area contributed by atoms with E-state index in [-0.39, 0.29) is 6.10 Å². The summed E-state index contributed by atoms with van der Waals surface area (Å²) < 4.78 is 10.8. The third-order valence-electron chi connectivity index (χ3n) is 3.17. The fourth-order valence-electron chi connectivity index (χ4n) is 1.98. The van der Waals surface area contributed by atoms with Crippen molar-refractivity contribution < 1.29 is 9.26 Å². The van der Waals surface area contributed by atoms with Gasteiger partial charge in [-0.15, -0.1) is 0 Å². The van der Waals surface area contributed by atoms with Crippen LogP contribution >= 0.6 is 0 Å². The van der Waals surface area contributed by atoms with Gasteiger partial charge in [-0.25, -0.2) is 0 Å². The molecule has 1 unspecified atom stereocenters. The van der Waals surface area contributed by atoms with Gasteiger partial charge in [0.25, 0.3) is 5.89 Å². The maximum Gasteiger partial charge on any atom is 0.260 e. The molecule has 1 fully saturated rings. The minimum absolute atomic E-state index is 0.302. The summed E-state index contributed by atoms with van der Waals surface area (Å²) in [6.45, 7) is 0.652. The molecule has 0 radical (unpaired) electrons. The first kappa shape index (κ1) is 12.3. The van der Waals surface area contributed by atoms with E-state index >= 15 is 0 Å². The Hall–Kier alpha value is -1.72. The highest BCUT2D eigenvalue weighted by Crippen LogP contribution is 2.24. The van der Waals surface area contributed by atoms with E-state index in [0.29, 0.717) is 24.3 Å². The summed E-state index contributed by atoms with van der Waals surface area (Å²) in [5, 5.41) is 7.34. The second-order valence-corrected chi connectivity index (χ2v) is 4.73. The number of hydrogen-bond donors (Lipinski definition) is 1. The molecule has 1 aliphatic carbocycles. The van der Waals surface area contributed by atoms with Crippen molar-refractivity contribution in [2.75, 3.05) is 7.11 Å². The Bertz CT molecular complexity index is 522. The summed E-state index contributed by atoms with van der Waals surface area (Å²) in [6.07, 6.45) is 2.19. The summed E-state index contributed by atoms with van der Waals surface area (Å²) in [5.74, 6) is 1.18. The van der Waals surface area contributed by atoms with Gasteiger partial charge in [-0.2, -0.15) is 4.98 Å². The van der Waals surface area contributed by atoms with Crippen LogP contribution in [0.4, 0.5) is 0 Å². The molecule has 3 rings (SSSR count). The molecule has 1 heterocycles. The smallest absolute Gasteiger partial charge is 0.260 e. The van der Waals surface area contributed by atoms with Crippen LogP contribution in [-0.4, -0.2) is 23.3 Å².